The van der Waals surface area contributed by atoms with Crippen molar-refractivity contribution in [2.24, 2.45) is 0 Å². The van der Waals surface area contributed by atoms with Crippen LogP contribution in [0.3, 0.4) is 0 Å². The molecule has 0 aliphatic carbocycles. The molecule has 0 unspecified atom stereocenters. The molecule has 8 nitrogen and oxygen atoms in total. The van der Waals surface area contributed by atoms with E-state index in [4.69, 9.17) is 14.2 Å². The maximum Gasteiger partial charge on any atom is 0.261 e. The highest BCUT2D eigenvalue weighted by Crippen LogP contribution is 2.42. The lowest BCUT2D eigenvalue weighted by Gasteiger charge is -2.40. The van der Waals surface area contributed by atoms with Gasteiger partial charge in [0.15, 0.2) is 5.82 Å². The number of nitrogens with zero attached hydrogens (tertiary/aromatic N) is 3. The minimum absolute atomic E-state index is 0.0171. The summed E-state index contributed by atoms with van der Waals surface area (Å²) in [5.41, 5.74) is 3.12. The zero-order chi connectivity index (χ0) is 25.1. The molecule has 4 rings (SSSR count). The van der Waals surface area contributed by atoms with Crippen LogP contribution >= 0.6 is 0 Å². The smallest absolute Gasteiger partial charge is 0.261 e. The summed E-state index contributed by atoms with van der Waals surface area (Å²) in [6, 6.07) is 13.6. The van der Waals surface area contributed by atoms with Gasteiger partial charge in [0.25, 0.3) is 5.91 Å². The topological polar surface area (TPSA) is 94.0 Å². The standard InChI is InChI=1S/C27H31N3O5/c1-16(2)35-15-22-28-25(23-20(33-4)7-6-8-21(23)34-5)24(26(31)29-22)27(32)30-13-19(14-30)18-11-9-17(3)10-12-18/h6-12,16,19H,13-15H2,1-5H3,(H,28,29,31). The van der Waals surface area contributed by atoms with Gasteiger partial charge in [-0.3, -0.25) is 4.79 Å². The second-order valence-electron chi connectivity index (χ2n) is 8.90. The Morgan fingerprint density at radius 2 is 1.69 bits per heavy atom. The molecule has 1 fully saturated rings. The highest BCUT2D eigenvalue weighted by atomic mass is 16.5. The first kappa shape index (κ1) is 24.5. The predicted octanol–water partition coefficient (Wildman–Crippen LogP) is 4.34. The van der Waals surface area contributed by atoms with Gasteiger partial charge in [-0.1, -0.05) is 35.9 Å². The molecule has 35 heavy (non-hydrogen) atoms. The number of hydrogen-bond acceptors (Lipinski definition) is 7. The Kier molecular flexibility index (Phi) is 7.21. The molecule has 1 aliphatic heterocycles. The van der Waals surface area contributed by atoms with E-state index in [1.807, 2.05) is 20.8 Å². The predicted molar refractivity (Wildman–Crippen MR) is 132 cm³/mol. The van der Waals surface area contributed by atoms with Crippen molar-refractivity contribution in [1.29, 1.82) is 0 Å². The number of rotatable bonds is 8. The van der Waals surface area contributed by atoms with E-state index in [2.05, 4.69) is 34.2 Å². The molecule has 1 amide bonds. The number of aromatic hydroxyl groups is 1. The minimum atomic E-state index is -0.394. The van der Waals surface area contributed by atoms with Gasteiger partial charge in [-0.05, 0) is 38.5 Å². The zero-order valence-electron chi connectivity index (χ0n) is 20.7. The van der Waals surface area contributed by atoms with Crippen LogP contribution in [0.25, 0.3) is 11.3 Å². The molecule has 0 spiro atoms. The molecule has 0 bridgehead atoms. The Labute approximate surface area is 205 Å². The van der Waals surface area contributed by atoms with Crippen LogP contribution < -0.4 is 9.47 Å². The third-order valence-corrected chi connectivity index (χ3v) is 6.08. The van der Waals surface area contributed by atoms with E-state index < -0.39 is 5.88 Å². The van der Waals surface area contributed by atoms with Gasteiger partial charge in [-0.25, -0.2) is 4.98 Å². The summed E-state index contributed by atoms with van der Waals surface area (Å²) in [5.74, 6) is 0.698. The fourth-order valence-corrected chi connectivity index (χ4v) is 4.11. The third kappa shape index (κ3) is 5.07. The minimum Gasteiger partial charge on any atom is -0.496 e. The number of aryl methyl sites for hydroxylation is 1. The fourth-order valence-electron chi connectivity index (χ4n) is 4.11. The Balaban J connectivity index is 1.73. The van der Waals surface area contributed by atoms with Crippen LogP contribution in [-0.4, -0.2) is 59.3 Å². The zero-order valence-corrected chi connectivity index (χ0v) is 20.7. The van der Waals surface area contributed by atoms with Crippen molar-refractivity contribution in [3.63, 3.8) is 0 Å². The van der Waals surface area contributed by atoms with Crippen LogP contribution in [0.1, 0.15) is 47.1 Å². The maximum atomic E-state index is 13.6. The molecule has 8 heteroatoms. The van der Waals surface area contributed by atoms with Crippen molar-refractivity contribution in [2.45, 2.75) is 39.4 Å². The van der Waals surface area contributed by atoms with Crippen molar-refractivity contribution >= 4 is 5.91 Å². The molecule has 1 aromatic heterocycles. The normalized spacial score (nSPS) is 13.6. The number of likely N-dealkylation sites (tertiary alicyclic amines) is 1. The van der Waals surface area contributed by atoms with Gasteiger partial charge in [0.05, 0.1) is 31.6 Å². The molecule has 3 aromatic rings. The summed E-state index contributed by atoms with van der Waals surface area (Å²) in [6.07, 6.45) is -0.0499. The van der Waals surface area contributed by atoms with E-state index in [-0.39, 0.29) is 41.6 Å². The van der Waals surface area contributed by atoms with Crippen molar-refractivity contribution in [2.75, 3.05) is 27.3 Å². The number of amides is 1. The number of ether oxygens (including phenoxy) is 3. The Morgan fingerprint density at radius 3 is 2.26 bits per heavy atom. The van der Waals surface area contributed by atoms with Crippen molar-refractivity contribution in [3.05, 3.63) is 65.0 Å². The van der Waals surface area contributed by atoms with Gasteiger partial charge < -0.3 is 24.2 Å². The molecular formula is C27H31N3O5. The average molecular weight is 478 g/mol. The highest BCUT2D eigenvalue weighted by Gasteiger charge is 2.36. The fraction of sp³-hybridized carbons (Fsp3) is 0.370. The average Bonchev–Trinajstić information content (AvgIpc) is 2.81. The van der Waals surface area contributed by atoms with Crippen molar-refractivity contribution in [1.82, 2.24) is 14.9 Å². The maximum absolute atomic E-state index is 13.6. The summed E-state index contributed by atoms with van der Waals surface area (Å²) in [4.78, 5) is 24.1. The van der Waals surface area contributed by atoms with E-state index in [0.29, 0.717) is 30.2 Å². The van der Waals surface area contributed by atoms with Gasteiger partial charge in [-0.2, -0.15) is 4.98 Å². The molecular weight excluding hydrogens is 446 g/mol. The molecule has 2 heterocycles. The van der Waals surface area contributed by atoms with Crippen LogP contribution in [0.2, 0.25) is 0 Å². The second-order valence-corrected chi connectivity index (χ2v) is 8.90. The summed E-state index contributed by atoms with van der Waals surface area (Å²) in [5, 5.41) is 10.9. The van der Waals surface area contributed by atoms with Crippen LogP contribution in [-0.2, 0) is 11.3 Å². The molecule has 184 valence electrons. The first-order valence-corrected chi connectivity index (χ1v) is 11.6. The Morgan fingerprint density at radius 1 is 1.06 bits per heavy atom. The van der Waals surface area contributed by atoms with Crippen LogP contribution in [0.15, 0.2) is 42.5 Å². The van der Waals surface area contributed by atoms with E-state index >= 15 is 0 Å². The Hall–Kier alpha value is -3.65. The molecule has 1 aliphatic rings. The number of carbonyl (C=O) groups is 1. The lowest BCUT2D eigenvalue weighted by atomic mass is 9.90. The molecule has 2 aromatic carbocycles. The van der Waals surface area contributed by atoms with Crippen LogP contribution in [0.4, 0.5) is 0 Å². The summed E-state index contributed by atoms with van der Waals surface area (Å²) >= 11 is 0. The van der Waals surface area contributed by atoms with Crippen molar-refractivity contribution in [3.8, 4) is 28.6 Å². The lowest BCUT2D eigenvalue weighted by molar-refractivity contribution is 0.0582. The van der Waals surface area contributed by atoms with E-state index in [1.165, 1.54) is 25.3 Å². The number of methoxy groups -OCH3 is 2. The van der Waals surface area contributed by atoms with E-state index in [0.717, 1.165) is 0 Å². The van der Waals surface area contributed by atoms with Crippen LogP contribution in [0, 0.1) is 6.92 Å². The van der Waals surface area contributed by atoms with Crippen LogP contribution in [0.5, 0.6) is 17.4 Å². The summed E-state index contributed by atoms with van der Waals surface area (Å²) in [6.45, 7) is 7.02. The number of carbonyl (C=O) groups excluding carboxylic acids is 1. The second kappa shape index (κ2) is 10.3. The van der Waals surface area contributed by atoms with Gasteiger partial charge >= 0.3 is 0 Å². The first-order valence-electron chi connectivity index (χ1n) is 11.6. The van der Waals surface area contributed by atoms with Gasteiger partial charge in [0, 0.05) is 19.0 Å². The number of hydrogen-bond donors (Lipinski definition) is 1. The first-order chi connectivity index (χ1) is 16.8. The quantitative estimate of drug-likeness (QED) is 0.516. The number of benzene rings is 2. The molecule has 0 saturated carbocycles. The third-order valence-electron chi connectivity index (χ3n) is 6.08. The molecule has 0 radical (unpaired) electrons. The SMILES string of the molecule is COc1cccc(OC)c1-c1nc(COC(C)C)nc(O)c1C(=O)N1CC(c2ccc(C)cc2)C1. The molecule has 1 saturated heterocycles. The van der Waals surface area contributed by atoms with E-state index in [9.17, 15) is 9.90 Å². The van der Waals surface area contributed by atoms with Crippen molar-refractivity contribution < 1.29 is 24.1 Å². The van der Waals surface area contributed by atoms with Gasteiger partial charge in [-0.15, -0.1) is 0 Å². The molecule has 0 atom stereocenters. The lowest BCUT2D eigenvalue weighted by Crippen LogP contribution is -2.48. The Bertz CT molecular complexity index is 1180. The molecule has 1 N–H and O–H groups in total. The van der Waals surface area contributed by atoms with E-state index in [1.54, 1.807) is 23.1 Å². The largest absolute Gasteiger partial charge is 0.496 e. The number of aromatic nitrogens is 2. The van der Waals surface area contributed by atoms with Gasteiger partial charge in [0.1, 0.15) is 23.7 Å². The highest BCUT2D eigenvalue weighted by molar-refractivity contribution is 6.03. The summed E-state index contributed by atoms with van der Waals surface area (Å²) < 4.78 is 16.8. The van der Waals surface area contributed by atoms with Gasteiger partial charge in [0.2, 0.25) is 5.88 Å². The summed E-state index contributed by atoms with van der Waals surface area (Å²) in [7, 11) is 3.07. The monoisotopic (exact) mass is 477 g/mol.